The fraction of sp³-hybridized carbons (Fsp3) is 0.211. The number of aromatic nitrogens is 1. The van der Waals surface area contributed by atoms with Crippen LogP contribution in [0.1, 0.15) is 19.4 Å². The van der Waals surface area contributed by atoms with Gasteiger partial charge in [-0.3, -0.25) is 4.79 Å². The zero-order valence-electron chi connectivity index (χ0n) is 15.1. The normalized spacial score (nSPS) is 13.1. The van der Waals surface area contributed by atoms with E-state index in [9.17, 15) is 18.0 Å². The number of pyridine rings is 1. The Labute approximate surface area is 170 Å². The first kappa shape index (κ1) is 22.0. The number of allylic oxidation sites excluding steroid dienone is 1. The van der Waals surface area contributed by atoms with Gasteiger partial charge in [-0.25, -0.2) is 9.99 Å². The first-order valence-corrected chi connectivity index (χ1v) is 9.46. The molecule has 0 atom stereocenters. The Morgan fingerprint density at radius 2 is 1.89 bits per heavy atom. The summed E-state index contributed by atoms with van der Waals surface area (Å²) < 4.78 is 39.3. The van der Waals surface area contributed by atoms with Crippen molar-refractivity contribution < 1.29 is 18.0 Å². The number of benzene rings is 1. The van der Waals surface area contributed by atoms with E-state index in [-0.39, 0.29) is 16.4 Å². The maximum atomic E-state index is 13.1. The first-order chi connectivity index (χ1) is 13.2. The van der Waals surface area contributed by atoms with Crippen LogP contribution in [-0.2, 0) is 10.5 Å². The number of carbonyl (C=O) groups is 1. The summed E-state index contributed by atoms with van der Waals surface area (Å²) in [5.41, 5.74) is -0.0583. The van der Waals surface area contributed by atoms with Crippen LogP contribution in [0.15, 0.2) is 64.4 Å². The minimum atomic E-state index is -4.61. The van der Waals surface area contributed by atoms with E-state index in [4.69, 9.17) is 11.6 Å². The molecule has 2 aromatic rings. The van der Waals surface area contributed by atoms with E-state index in [0.29, 0.717) is 17.1 Å². The molecular formula is C19H17ClF3N3OS. The molecule has 28 heavy (non-hydrogen) atoms. The van der Waals surface area contributed by atoms with Crippen LogP contribution in [0, 0.1) is 0 Å². The van der Waals surface area contributed by atoms with Gasteiger partial charge in [0.05, 0.1) is 0 Å². The van der Waals surface area contributed by atoms with E-state index in [1.165, 1.54) is 19.2 Å². The molecule has 0 spiro atoms. The molecule has 4 nitrogen and oxygen atoms in total. The van der Waals surface area contributed by atoms with Crippen LogP contribution in [0.2, 0.25) is 5.02 Å². The van der Waals surface area contributed by atoms with Gasteiger partial charge in [0.25, 0.3) is 0 Å². The van der Waals surface area contributed by atoms with Gasteiger partial charge in [-0.2, -0.15) is 18.3 Å². The lowest BCUT2D eigenvalue weighted by Crippen LogP contribution is -2.26. The van der Waals surface area contributed by atoms with Crippen molar-refractivity contribution in [2.45, 2.75) is 25.8 Å². The number of hydrogen-bond donors (Lipinski definition) is 0. The topological polar surface area (TPSA) is 45.6 Å². The molecule has 0 aliphatic rings. The molecule has 2 rings (SSSR count). The number of nitrogens with zero attached hydrogens (tertiary/aromatic N) is 3. The molecule has 0 amide bonds. The summed E-state index contributed by atoms with van der Waals surface area (Å²) in [6.45, 7) is 2.37. The van der Waals surface area contributed by atoms with Crippen LogP contribution in [0.3, 0.4) is 0 Å². The van der Waals surface area contributed by atoms with Crippen LogP contribution >= 0.6 is 23.4 Å². The Morgan fingerprint density at radius 3 is 2.46 bits per heavy atom. The van der Waals surface area contributed by atoms with E-state index in [1.807, 2.05) is 0 Å². The highest BCUT2D eigenvalue weighted by molar-refractivity contribution is 8.02. The SMILES string of the molecule is C/C(C=O)=C(/SCc1ccccc1Cl)N(/N=C(\C)C(F)(F)F)c1ccccn1. The summed E-state index contributed by atoms with van der Waals surface area (Å²) in [7, 11) is 0. The van der Waals surface area contributed by atoms with Crippen molar-refractivity contribution in [1.29, 1.82) is 0 Å². The van der Waals surface area contributed by atoms with Gasteiger partial charge in [0.2, 0.25) is 0 Å². The summed E-state index contributed by atoms with van der Waals surface area (Å²) >= 11 is 7.31. The Morgan fingerprint density at radius 1 is 1.21 bits per heavy atom. The van der Waals surface area contributed by atoms with Gasteiger partial charge in [-0.15, -0.1) is 11.8 Å². The summed E-state index contributed by atoms with van der Waals surface area (Å²) in [5.74, 6) is 0.498. The average Bonchev–Trinajstić information content (AvgIpc) is 2.67. The molecule has 0 fully saturated rings. The predicted octanol–water partition coefficient (Wildman–Crippen LogP) is 5.84. The second-order valence-electron chi connectivity index (χ2n) is 5.67. The largest absolute Gasteiger partial charge is 0.430 e. The number of hydrogen-bond acceptors (Lipinski definition) is 5. The molecule has 0 aliphatic carbocycles. The molecule has 0 saturated heterocycles. The van der Waals surface area contributed by atoms with Crippen molar-refractivity contribution in [2.75, 3.05) is 5.01 Å². The van der Waals surface area contributed by atoms with Gasteiger partial charge in [0, 0.05) is 22.5 Å². The maximum Gasteiger partial charge on any atom is 0.430 e. The Kier molecular flexibility index (Phi) is 7.65. The van der Waals surface area contributed by atoms with E-state index in [0.717, 1.165) is 29.3 Å². The van der Waals surface area contributed by atoms with E-state index in [2.05, 4.69) is 10.1 Å². The average molecular weight is 428 g/mol. The Balaban J connectivity index is 2.48. The standard InChI is InChI=1S/C19H17ClF3N3OS/c1-13(11-27)18(28-12-15-7-3-4-8-16(15)20)26(17-9-5-6-10-24-17)25-14(2)19(21,22)23/h3-11H,12H2,1-2H3/b18-13-,25-14+. The molecule has 1 heterocycles. The molecule has 1 aromatic heterocycles. The monoisotopic (exact) mass is 427 g/mol. The summed E-state index contributed by atoms with van der Waals surface area (Å²) in [6, 6.07) is 11.9. The van der Waals surface area contributed by atoms with Crippen molar-refractivity contribution in [3.63, 3.8) is 0 Å². The number of aldehydes is 1. The molecule has 0 saturated carbocycles. The summed E-state index contributed by atoms with van der Waals surface area (Å²) in [4.78, 5) is 15.5. The van der Waals surface area contributed by atoms with Crippen molar-refractivity contribution >= 4 is 41.2 Å². The van der Waals surface area contributed by atoms with Gasteiger partial charge in [-0.05, 0) is 37.6 Å². The number of carbonyl (C=O) groups excluding carboxylic acids is 1. The van der Waals surface area contributed by atoms with Crippen molar-refractivity contribution in [3.05, 3.63) is 69.8 Å². The first-order valence-electron chi connectivity index (χ1n) is 8.10. The molecule has 0 aliphatic heterocycles. The molecule has 0 N–H and O–H groups in total. The van der Waals surface area contributed by atoms with Crippen molar-refractivity contribution in [1.82, 2.24) is 4.98 Å². The van der Waals surface area contributed by atoms with Crippen LogP contribution in [0.25, 0.3) is 0 Å². The van der Waals surface area contributed by atoms with Crippen LogP contribution < -0.4 is 5.01 Å². The predicted molar refractivity (Wildman–Crippen MR) is 107 cm³/mol. The third-order valence-corrected chi connectivity index (χ3v) is 5.15. The van der Waals surface area contributed by atoms with Gasteiger partial charge < -0.3 is 0 Å². The molecule has 0 unspecified atom stereocenters. The molecule has 0 bridgehead atoms. The molecule has 0 radical (unpaired) electrons. The highest BCUT2D eigenvalue weighted by atomic mass is 35.5. The van der Waals surface area contributed by atoms with Crippen LogP contribution in [-0.4, -0.2) is 23.2 Å². The van der Waals surface area contributed by atoms with Crippen LogP contribution in [0.4, 0.5) is 19.0 Å². The fourth-order valence-corrected chi connectivity index (χ4v) is 3.40. The fourth-order valence-electron chi connectivity index (χ4n) is 2.04. The lowest BCUT2D eigenvalue weighted by Gasteiger charge is -2.23. The summed E-state index contributed by atoms with van der Waals surface area (Å²) in [5, 5.41) is 5.51. The number of rotatable bonds is 7. The number of halogens is 4. The maximum absolute atomic E-state index is 13.1. The highest BCUT2D eigenvalue weighted by Gasteiger charge is 2.33. The van der Waals surface area contributed by atoms with Crippen molar-refractivity contribution in [2.24, 2.45) is 5.10 Å². The lowest BCUT2D eigenvalue weighted by atomic mass is 10.2. The molecule has 148 valence electrons. The van der Waals surface area contributed by atoms with Gasteiger partial charge in [0.15, 0.2) is 5.82 Å². The lowest BCUT2D eigenvalue weighted by molar-refractivity contribution is -0.104. The van der Waals surface area contributed by atoms with E-state index >= 15 is 0 Å². The highest BCUT2D eigenvalue weighted by Crippen LogP contribution is 2.33. The third-order valence-electron chi connectivity index (χ3n) is 3.56. The van der Waals surface area contributed by atoms with Crippen LogP contribution in [0.5, 0.6) is 0 Å². The smallest absolute Gasteiger partial charge is 0.298 e. The second kappa shape index (κ2) is 9.75. The molecular weight excluding hydrogens is 411 g/mol. The molecule has 1 aromatic carbocycles. The quantitative estimate of drug-likeness (QED) is 0.241. The van der Waals surface area contributed by atoms with E-state index in [1.54, 1.807) is 36.4 Å². The summed E-state index contributed by atoms with van der Waals surface area (Å²) in [6.07, 6.45) is -2.60. The van der Waals surface area contributed by atoms with E-state index < -0.39 is 11.9 Å². The van der Waals surface area contributed by atoms with Gasteiger partial charge >= 0.3 is 6.18 Å². The minimum Gasteiger partial charge on any atom is -0.298 e. The van der Waals surface area contributed by atoms with Crippen molar-refractivity contribution in [3.8, 4) is 0 Å². The Hall–Kier alpha value is -2.32. The number of thioether (sulfide) groups is 1. The Bertz CT molecular complexity index is 885. The number of alkyl halides is 3. The third kappa shape index (κ3) is 5.84. The number of hydrazone groups is 1. The minimum absolute atomic E-state index is 0.161. The van der Waals surface area contributed by atoms with Gasteiger partial charge in [-0.1, -0.05) is 35.9 Å². The second-order valence-corrected chi connectivity index (χ2v) is 7.04. The zero-order chi connectivity index (χ0) is 20.7. The van der Waals surface area contributed by atoms with Gasteiger partial charge in [0.1, 0.15) is 17.0 Å². The molecule has 9 heteroatoms. The number of anilines is 1. The zero-order valence-corrected chi connectivity index (χ0v) is 16.6.